The molecule has 1 unspecified atom stereocenters. The number of carbonyl (C=O) groups is 1. The molecule has 2 N–H and O–H groups in total. The molecule has 1 aliphatic rings. The van der Waals surface area contributed by atoms with Gasteiger partial charge >= 0.3 is 0 Å². The van der Waals surface area contributed by atoms with Crippen molar-refractivity contribution < 1.29 is 9.72 Å². The molecule has 7 nitrogen and oxygen atoms in total. The first kappa shape index (κ1) is 22.1. The Morgan fingerprint density at radius 2 is 2.07 bits per heavy atom. The zero-order chi connectivity index (χ0) is 21.7. The van der Waals surface area contributed by atoms with Crippen molar-refractivity contribution in [3.8, 4) is 0 Å². The number of nitrogens with one attached hydrogen (secondary N) is 2. The third-order valence-corrected chi connectivity index (χ3v) is 5.85. The lowest BCUT2D eigenvalue weighted by Crippen LogP contribution is -2.33. The highest BCUT2D eigenvalue weighted by Gasteiger charge is 2.25. The number of nitro groups is 1. The zero-order valence-corrected chi connectivity index (χ0v) is 18.0. The van der Waals surface area contributed by atoms with E-state index >= 15 is 0 Å². The quantitative estimate of drug-likeness (QED) is 0.481. The molecule has 1 fully saturated rings. The Morgan fingerprint density at radius 3 is 2.73 bits per heavy atom. The van der Waals surface area contributed by atoms with Crippen LogP contribution in [0, 0.1) is 16.0 Å². The second-order valence-electron chi connectivity index (χ2n) is 7.89. The van der Waals surface area contributed by atoms with Crippen LogP contribution in [0.4, 0.5) is 11.4 Å². The van der Waals surface area contributed by atoms with Crippen LogP contribution < -0.4 is 10.6 Å². The molecule has 30 heavy (non-hydrogen) atoms. The summed E-state index contributed by atoms with van der Waals surface area (Å²) in [6.07, 6.45) is 1.05. The average molecular weight is 431 g/mol. The van der Waals surface area contributed by atoms with Gasteiger partial charge in [0.1, 0.15) is 5.69 Å². The number of halogens is 1. The zero-order valence-electron chi connectivity index (χ0n) is 17.2. The van der Waals surface area contributed by atoms with E-state index in [4.69, 9.17) is 11.6 Å². The van der Waals surface area contributed by atoms with Crippen LogP contribution in [-0.2, 0) is 6.54 Å². The molecule has 8 heteroatoms. The van der Waals surface area contributed by atoms with Gasteiger partial charge in [-0.15, -0.1) is 0 Å². The monoisotopic (exact) mass is 430 g/mol. The molecule has 0 saturated carbocycles. The molecule has 160 valence electrons. The topological polar surface area (TPSA) is 87.5 Å². The van der Waals surface area contributed by atoms with E-state index in [9.17, 15) is 14.9 Å². The molecule has 1 amide bonds. The van der Waals surface area contributed by atoms with E-state index < -0.39 is 4.92 Å². The molecule has 1 heterocycles. The van der Waals surface area contributed by atoms with Crippen molar-refractivity contribution in [2.24, 2.45) is 5.92 Å². The van der Waals surface area contributed by atoms with Gasteiger partial charge in [-0.3, -0.25) is 14.9 Å². The summed E-state index contributed by atoms with van der Waals surface area (Å²) in [5, 5.41) is 18.1. The van der Waals surface area contributed by atoms with E-state index in [0.29, 0.717) is 35.8 Å². The van der Waals surface area contributed by atoms with Gasteiger partial charge in [-0.25, -0.2) is 0 Å². The summed E-state index contributed by atoms with van der Waals surface area (Å²) in [5.74, 6) is 0.113. The van der Waals surface area contributed by atoms with Gasteiger partial charge in [0.25, 0.3) is 11.6 Å². The minimum Gasteiger partial charge on any atom is -0.375 e. The molecule has 1 saturated heterocycles. The number of hydrogen-bond donors (Lipinski definition) is 2. The molecular formula is C22H27ClN4O3. The first-order chi connectivity index (χ1) is 14.3. The maximum absolute atomic E-state index is 12.5. The lowest BCUT2D eigenvalue weighted by Gasteiger charge is -2.20. The van der Waals surface area contributed by atoms with E-state index in [1.54, 1.807) is 18.2 Å². The molecule has 0 radical (unpaired) electrons. The largest absolute Gasteiger partial charge is 0.375 e. The third kappa shape index (κ3) is 5.49. The van der Waals surface area contributed by atoms with Gasteiger partial charge in [-0.2, -0.15) is 0 Å². The summed E-state index contributed by atoms with van der Waals surface area (Å²) < 4.78 is 0. The van der Waals surface area contributed by atoms with Crippen LogP contribution >= 0.6 is 11.6 Å². The molecule has 0 aliphatic carbocycles. The van der Waals surface area contributed by atoms with E-state index in [0.717, 1.165) is 25.1 Å². The SMILES string of the molecule is CC(C)N1CCC(CNC(=O)c2ccc(NCc3ccccc3Cl)c([N+](=O)[O-])c2)C1. The van der Waals surface area contributed by atoms with Gasteiger partial charge in [0.2, 0.25) is 0 Å². The van der Waals surface area contributed by atoms with Gasteiger partial charge < -0.3 is 15.5 Å². The fraction of sp³-hybridized carbons (Fsp3) is 0.409. The van der Waals surface area contributed by atoms with Crippen LogP contribution in [0.25, 0.3) is 0 Å². The standard InChI is InChI=1S/C22H27ClN4O3/c1-15(2)26-10-9-16(14-26)12-25-22(28)17-7-8-20(21(11-17)27(29)30)24-13-18-5-3-4-6-19(18)23/h3-8,11,15-16,24H,9-10,12-14H2,1-2H3,(H,25,28). The Kier molecular flexibility index (Phi) is 7.29. The minimum atomic E-state index is -0.483. The Hall–Kier alpha value is -2.64. The lowest BCUT2D eigenvalue weighted by molar-refractivity contribution is -0.384. The summed E-state index contributed by atoms with van der Waals surface area (Å²) in [6.45, 7) is 7.25. The third-order valence-electron chi connectivity index (χ3n) is 5.48. The van der Waals surface area contributed by atoms with Gasteiger partial charge in [0.05, 0.1) is 4.92 Å². The van der Waals surface area contributed by atoms with Crippen LogP contribution in [0.1, 0.15) is 36.2 Å². The number of hydrogen-bond acceptors (Lipinski definition) is 5. The summed E-state index contributed by atoms with van der Waals surface area (Å²) in [6, 6.07) is 12.3. The van der Waals surface area contributed by atoms with Crippen LogP contribution in [0.15, 0.2) is 42.5 Å². The number of amides is 1. The Morgan fingerprint density at radius 1 is 1.30 bits per heavy atom. The van der Waals surface area contributed by atoms with Crippen LogP contribution in [0.3, 0.4) is 0 Å². The fourth-order valence-corrected chi connectivity index (χ4v) is 3.85. The van der Waals surface area contributed by atoms with Gasteiger partial charge in [-0.1, -0.05) is 29.8 Å². The van der Waals surface area contributed by atoms with Crippen LogP contribution in [-0.4, -0.2) is 41.4 Å². The fourth-order valence-electron chi connectivity index (χ4n) is 3.64. The van der Waals surface area contributed by atoms with Crippen LogP contribution in [0.5, 0.6) is 0 Å². The first-order valence-electron chi connectivity index (χ1n) is 10.1. The number of likely N-dealkylation sites (tertiary alicyclic amines) is 1. The summed E-state index contributed by atoms with van der Waals surface area (Å²) in [5.41, 5.74) is 1.33. The molecule has 3 rings (SSSR count). The molecule has 2 aromatic carbocycles. The van der Waals surface area contributed by atoms with Crippen molar-refractivity contribution in [2.75, 3.05) is 25.0 Å². The lowest BCUT2D eigenvalue weighted by atomic mass is 10.1. The molecule has 2 aromatic rings. The van der Waals surface area contributed by atoms with Crippen molar-refractivity contribution in [1.82, 2.24) is 10.2 Å². The number of anilines is 1. The second kappa shape index (κ2) is 9.91. The Labute approximate surface area is 181 Å². The first-order valence-corrected chi connectivity index (χ1v) is 10.5. The summed E-state index contributed by atoms with van der Waals surface area (Å²) in [4.78, 5) is 26.0. The van der Waals surface area contributed by atoms with Gasteiger partial charge in [0.15, 0.2) is 0 Å². The van der Waals surface area contributed by atoms with Crippen molar-refractivity contribution in [1.29, 1.82) is 0 Å². The number of carbonyl (C=O) groups excluding carboxylic acids is 1. The van der Waals surface area contributed by atoms with Crippen molar-refractivity contribution in [2.45, 2.75) is 32.9 Å². The number of nitro benzene ring substituents is 1. The van der Waals surface area contributed by atoms with Gasteiger partial charge in [-0.05, 0) is 56.5 Å². The second-order valence-corrected chi connectivity index (χ2v) is 8.29. The molecule has 1 aliphatic heterocycles. The number of nitrogens with zero attached hydrogens (tertiary/aromatic N) is 2. The maximum atomic E-state index is 12.5. The van der Waals surface area contributed by atoms with E-state index in [-0.39, 0.29) is 17.2 Å². The Bertz CT molecular complexity index is 919. The minimum absolute atomic E-state index is 0.137. The van der Waals surface area contributed by atoms with E-state index in [1.807, 2.05) is 18.2 Å². The highest BCUT2D eigenvalue weighted by atomic mass is 35.5. The average Bonchev–Trinajstić information content (AvgIpc) is 3.21. The maximum Gasteiger partial charge on any atom is 0.293 e. The smallest absolute Gasteiger partial charge is 0.293 e. The predicted octanol–water partition coefficient (Wildman–Crippen LogP) is 4.32. The van der Waals surface area contributed by atoms with Gasteiger partial charge in [0, 0.05) is 42.3 Å². The van der Waals surface area contributed by atoms with E-state index in [2.05, 4.69) is 29.4 Å². The normalized spacial score (nSPS) is 16.6. The summed E-state index contributed by atoms with van der Waals surface area (Å²) in [7, 11) is 0. The summed E-state index contributed by atoms with van der Waals surface area (Å²) >= 11 is 6.14. The molecule has 0 spiro atoms. The van der Waals surface area contributed by atoms with Crippen molar-refractivity contribution in [3.05, 3.63) is 68.7 Å². The van der Waals surface area contributed by atoms with Crippen LogP contribution in [0.2, 0.25) is 5.02 Å². The number of rotatable bonds is 8. The predicted molar refractivity (Wildman–Crippen MR) is 119 cm³/mol. The van der Waals surface area contributed by atoms with Crippen molar-refractivity contribution >= 4 is 28.9 Å². The highest BCUT2D eigenvalue weighted by Crippen LogP contribution is 2.27. The molecular weight excluding hydrogens is 404 g/mol. The Balaban J connectivity index is 1.63. The molecule has 0 aromatic heterocycles. The molecule has 1 atom stereocenters. The molecule has 0 bridgehead atoms. The highest BCUT2D eigenvalue weighted by molar-refractivity contribution is 6.31. The van der Waals surface area contributed by atoms with E-state index in [1.165, 1.54) is 6.07 Å². The number of benzene rings is 2. The van der Waals surface area contributed by atoms with Crippen molar-refractivity contribution in [3.63, 3.8) is 0 Å².